The molecule has 0 saturated heterocycles. The summed E-state index contributed by atoms with van der Waals surface area (Å²) in [5, 5.41) is 2.89. The summed E-state index contributed by atoms with van der Waals surface area (Å²) in [5.41, 5.74) is 2.46. The number of benzene rings is 2. The average Bonchev–Trinajstić information content (AvgIpc) is 3.58. The van der Waals surface area contributed by atoms with Gasteiger partial charge in [0.25, 0.3) is 5.91 Å². The molecule has 0 bridgehead atoms. The van der Waals surface area contributed by atoms with Gasteiger partial charge in [-0.25, -0.2) is 18.7 Å². The van der Waals surface area contributed by atoms with Crippen molar-refractivity contribution in [3.63, 3.8) is 0 Å². The van der Waals surface area contributed by atoms with Gasteiger partial charge >= 0.3 is 0 Å². The lowest BCUT2D eigenvalue weighted by molar-refractivity contribution is 0.0986. The van der Waals surface area contributed by atoms with Crippen LogP contribution in [0.15, 0.2) is 84.4 Å². The van der Waals surface area contributed by atoms with Gasteiger partial charge in [-0.05, 0) is 41.8 Å². The number of amides is 1. The summed E-state index contributed by atoms with van der Waals surface area (Å²) >= 11 is 2.59. The summed E-state index contributed by atoms with van der Waals surface area (Å²) in [6.45, 7) is 0.106. The van der Waals surface area contributed by atoms with Crippen molar-refractivity contribution >= 4 is 54.8 Å². The third kappa shape index (κ3) is 4.12. The van der Waals surface area contributed by atoms with Gasteiger partial charge in [0.2, 0.25) is 0 Å². The molecule has 0 saturated carbocycles. The van der Waals surface area contributed by atoms with E-state index in [9.17, 15) is 13.6 Å². The number of halogens is 2. The maximum Gasteiger partial charge on any atom is 0.261 e. The summed E-state index contributed by atoms with van der Waals surface area (Å²) in [7, 11) is 0. The van der Waals surface area contributed by atoms with Gasteiger partial charge in [-0.3, -0.25) is 14.7 Å². The van der Waals surface area contributed by atoms with Gasteiger partial charge in [0, 0.05) is 17.6 Å². The van der Waals surface area contributed by atoms with E-state index in [2.05, 4.69) is 9.97 Å². The van der Waals surface area contributed by atoms with Crippen LogP contribution in [0.2, 0.25) is 0 Å². The molecule has 0 atom stereocenters. The smallest absolute Gasteiger partial charge is 0.261 e. The van der Waals surface area contributed by atoms with Crippen molar-refractivity contribution in [2.45, 2.75) is 6.54 Å². The van der Waals surface area contributed by atoms with Crippen LogP contribution in [0.25, 0.3) is 31.7 Å². The second-order valence-electron chi connectivity index (χ2n) is 7.99. The molecule has 0 fully saturated rings. The highest BCUT2D eigenvalue weighted by Gasteiger charge is 2.26. The van der Waals surface area contributed by atoms with Crippen LogP contribution < -0.4 is 4.90 Å². The first-order valence-electron chi connectivity index (χ1n) is 11.0. The second-order valence-corrected chi connectivity index (χ2v) is 9.95. The van der Waals surface area contributed by atoms with E-state index in [0.29, 0.717) is 32.6 Å². The number of aromatic nitrogens is 3. The van der Waals surface area contributed by atoms with Crippen molar-refractivity contribution in [2.24, 2.45) is 0 Å². The molecular weight excluding hydrogens is 498 g/mol. The number of carbonyl (C=O) groups excluding carboxylic acids is 1. The Morgan fingerprint density at radius 1 is 0.944 bits per heavy atom. The predicted octanol–water partition coefficient (Wildman–Crippen LogP) is 7.09. The van der Waals surface area contributed by atoms with Crippen LogP contribution >= 0.6 is 22.7 Å². The molecule has 176 valence electrons. The topological polar surface area (TPSA) is 59.0 Å². The van der Waals surface area contributed by atoms with Gasteiger partial charge < -0.3 is 0 Å². The van der Waals surface area contributed by atoms with Crippen LogP contribution in [-0.2, 0) is 6.54 Å². The Balaban J connectivity index is 1.53. The quantitative estimate of drug-likeness (QED) is 0.246. The molecule has 5 nitrogen and oxygen atoms in total. The fourth-order valence-corrected chi connectivity index (χ4v) is 5.68. The maximum atomic E-state index is 14.5. The lowest BCUT2D eigenvalue weighted by atomic mass is 10.1. The van der Waals surface area contributed by atoms with Crippen molar-refractivity contribution in [3.05, 3.63) is 107 Å². The monoisotopic (exact) mass is 514 g/mol. The largest absolute Gasteiger partial charge is 0.278 e. The highest BCUT2D eigenvalue weighted by molar-refractivity contribution is 7.22. The zero-order valence-electron chi connectivity index (χ0n) is 18.6. The van der Waals surface area contributed by atoms with Crippen molar-refractivity contribution in [2.75, 3.05) is 4.90 Å². The number of carbonyl (C=O) groups is 1. The van der Waals surface area contributed by atoms with Crippen LogP contribution in [-0.4, -0.2) is 20.9 Å². The lowest BCUT2D eigenvalue weighted by Gasteiger charge is -2.21. The number of anilines is 1. The molecule has 0 N–H and O–H groups in total. The van der Waals surface area contributed by atoms with Gasteiger partial charge in [-0.1, -0.05) is 41.7 Å². The molecule has 2 aromatic carbocycles. The minimum atomic E-state index is -0.771. The van der Waals surface area contributed by atoms with Gasteiger partial charge in [0.15, 0.2) is 10.9 Å². The Morgan fingerprint density at radius 2 is 1.81 bits per heavy atom. The summed E-state index contributed by atoms with van der Waals surface area (Å²) in [6.07, 6.45) is 1.64. The van der Waals surface area contributed by atoms with E-state index in [1.54, 1.807) is 24.4 Å². The average molecular weight is 515 g/mol. The van der Waals surface area contributed by atoms with E-state index in [0.717, 1.165) is 22.3 Å². The Kier molecular flexibility index (Phi) is 5.71. The Labute approximate surface area is 212 Å². The predicted molar refractivity (Wildman–Crippen MR) is 139 cm³/mol. The third-order valence-electron chi connectivity index (χ3n) is 5.64. The van der Waals surface area contributed by atoms with E-state index in [4.69, 9.17) is 4.98 Å². The molecule has 1 amide bonds. The van der Waals surface area contributed by atoms with E-state index in [1.165, 1.54) is 22.3 Å². The molecular formula is C27H16F2N4OS2. The molecule has 6 aromatic rings. The molecule has 0 aliphatic heterocycles. The summed E-state index contributed by atoms with van der Waals surface area (Å²) in [5.74, 6) is -1.80. The highest BCUT2D eigenvalue weighted by Crippen LogP contribution is 2.34. The number of thiazole rings is 1. The van der Waals surface area contributed by atoms with Gasteiger partial charge in [0.1, 0.15) is 11.3 Å². The SMILES string of the molecule is O=C(c1cc(-c2cccs2)nc2ccccc12)N(Cc1ccccn1)c1nc2c(F)cc(F)cc2s1. The number of pyridine rings is 2. The Morgan fingerprint density at radius 3 is 2.61 bits per heavy atom. The van der Waals surface area contributed by atoms with Crippen molar-refractivity contribution in [1.29, 1.82) is 0 Å². The number of rotatable bonds is 5. The first kappa shape index (κ1) is 22.4. The maximum absolute atomic E-state index is 14.5. The van der Waals surface area contributed by atoms with Gasteiger partial charge in [-0.15, -0.1) is 11.3 Å². The number of para-hydroxylation sites is 1. The number of hydrogen-bond donors (Lipinski definition) is 0. The molecule has 0 unspecified atom stereocenters. The van der Waals surface area contributed by atoms with Crippen LogP contribution in [0, 0.1) is 11.6 Å². The Hall–Kier alpha value is -4.08. The lowest BCUT2D eigenvalue weighted by Crippen LogP contribution is -2.31. The highest BCUT2D eigenvalue weighted by atomic mass is 32.1. The molecule has 36 heavy (non-hydrogen) atoms. The normalized spacial score (nSPS) is 11.3. The van der Waals surface area contributed by atoms with Crippen LogP contribution in [0.4, 0.5) is 13.9 Å². The number of thiophene rings is 1. The zero-order valence-corrected chi connectivity index (χ0v) is 20.2. The minimum Gasteiger partial charge on any atom is -0.278 e. The van der Waals surface area contributed by atoms with Crippen LogP contribution in [0.1, 0.15) is 16.1 Å². The zero-order chi connectivity index (χ0) is 24.6. The number of hydrogen-bond acceptors (Lipinski definition) is 6. The number of nitrogens with zero attached hydrogens (tertiary/aromatic N) is 4. The molecule has 9 heteroatoms. The summed E-state index contributed by atoms with van der Waals surface area (Å²) < 4.78 is 28.7. The summed E-state index contributed by atoms with van der Waals surface area (Å²) in [4.78, 5) is 30.1. The minimum absolute atomic E-state index is 0.0223. The van der Waals surface area contributed by atoms with Crippen LogP contribution in [0.5, 0.6) is 0 Å². The van der Waals surface area contributed by atoms with Crippen molar-refractivity contribution in [3.8, 4) is 10.6 Å². The van der Waals surface area contributed by atoms with E-state index < -0.39 is 11.6 Å². The molecule has 4 aromatic heterocycles. The van der Waals surface area contributed by atoms with Crippen molar-refractivity contribution in [1.82, 2.24) is 15.0 Å². The molecule has 6 rings (SSSR count). The van der Waals surface area contributed by atoms with Gasteiger partial charge in [0.05, 0.1) is 38.6 Å². The second kappa shape index (κ2) is 9.18. The Bertz CT molecular complexity index is 1720. The van der Waals surface area contributed by atoms with E-state index in [-0.39, 0.29) is 23.1 Å². The molecule has 4 heterocycles. The molecule has 0 aliphatic carbocycles. The first-order chi connectivity index (χ1) is 17.6. The summed E-state index contributed by atoms with van der Waals surface area (Å²) in [6, 6.07) is 20.5. The fourth-order valence-electron chi connectivity index (χ4n) is 3.99. The van der Waals surface area contributed by atoms with E-state index >= 15 is 0 Å². The standard InChI is InChI=1S/C27H16F2N4OS2/c28-16-12-20(29)25-24(13-16)36-27(32-25)33(15-17-6-3-4-10-30-17)26(34)19-14-22(23-9-5-11-35-23)31-21-8-2-1-7-18(19)21/h1-14H,15H2. The van der Waals surface area contributed by atoms with Crippen molar-refractivity contribution < 1.29 is 13.6 Å². The van der Waals surface area contributed by atoms with E-state index in [1.807, 2.05) is 47.8 Å². The molecule has 0 spiro atoms. The number of fused-ring (bicyclic) bond motifs is 2. The van der Waals surface area contributed by atoms with Gasteiger partial charge in [-0.2, -0.15) is 0 Å². The third-order valence-corrected chi connectivity index (χ3v) is 7.56. The fraction of sp³-hybridized carbons (Fsp3) is 0.0370. The first-order valence-corrected chi connectivity index (χ1v) is 12.7. The molecule has 0 radical (unpaired) electrons. The van der Waals surface area contributed by atoms with Crippen LogP contribution in [0.3, 0.4) is 0 Å². The molecule has 0 aliphatic rings.